The Morgan fingerprint density at radius 1 is 0.321 bits per heavy atom. The van der Waals surface area contributed by atoms with Gasteiger partial charge in [0, 0.05) is 32.9 Å². The van der Waals surface area contributed by atoms with Crippen LogP contribution in [0.4, 0.5) is 0 Å². The second kappa shape index (κ2) is 12.7. The third-order valence-electron chi connectivity index (χ3n) is 11.8. The molecule has 56 heavy (non-hydrogen) atoms. The lowest BCUT2D eigenvalue weighted by Gasteiger charge is -2.15. The minimum absolute atomic E-state index is 1.14. The van der Waals surface area contributed by atoms with Gasteiger partial charge in [-0.2, -0.15) is 0 Å². The zero-order chi connectivity index (χ0) is 37.3. The molecule has 0 radical (unpaired) electrons. The number of hydrogen-bond acceptors (Lipinski definition) is 0. The van der Waals surface area contributed by atoms with Gasteiger partial charge in [0.2, 0.25) is 0 Å². The van der Waals surface area contributed by atoms with Crippen molar-refractivity contribution in [1.82, 2.24) is 9.13 Å². The molecule has 0 saturated carbocycles. The van der Waals surface area contributed by atoms with E-state index in [1.165, 1.54) is 98.9 Å². The molecule has 11 rings (SSSR count). The van der Waals surface area contributed by atoms with Crippen molar-refractivity contribution in [3.8, 4) is 44.8 Å². The number of benzene rings is 9. The second-order valence-electron chi connectivity index (χ2n) is 15.0. The molecule has 11 aromatic rings. The average Bonchev–Trinajstić information content (AvgIpc) is 3.76. The summed E-state index contributed by atoms with van der Waals surface area (Å²) in [6.07, 6.45) is 0. The first-order valence-corrected chi connectivity index (χ1v) is 19.4. The Morgan fingerprint density at radius 3 is 1.59 bits per heavy atom. The molecule has 2 aromatic heterocycles. The Morgan fingerprint density at radius 2 is 0.893 bits per heavy atom. The molecule has 0 bridgehead atoms. The van der Waals surface area contributed by atoms with Crippen LogP contribution in [-0.4, -0.2) is 9.13 Å². The monoisotopic (exact) mass is 714 g/mol. The van der Waals surface area contributed by atoms with Crippen molar-refractivity contribution in [3.05, 3.63) is 205 Å². The molecule has 0 N–H and O–H groups in total. The minimum Gasteiger partial charge on any atom is -0.309 e. The van der Waals surface area contributed by atoms with E-state index in [0.717, 1.165) is 11.4 Å². The van der Waals surface area contributed by atoms with Crippen LogP contribution in [0.25, 0.3) is 99.1 Å². The summed E-state index contributed by atoms with van der Waals surface area (Å²) < 4.78 is 4.96. The van der Waals surface area contributed by atoms with E-state index in [2.05, 4.69) is 217 Å². The van der Waals surface area contributed by atoms with Gasteiger partial charge in [0.15, 0.2) is 0 Å². The van der Waals surface area contributed by atoms with Crippen LogP contribution < -0.4 is 0 Å². The maximum absolute atomic E-state index is 2.50. The second-order valence-corrected chi connectivity index (χ2v) is 15.0. The van der Waals surface area contributed by atoms with Crippen LogP contribution in [0.1, 0.15) is 11.1 Å². The first-order chi connectivity index (χ1) is 27.6. The van der Waals surface area contributed by atoms with Crippen molar-refractivity contribution in [1.29, 1.82) is 0 Å². The highest BCUT2D eigenvalue weighted by molar-refractivity contribution is 6.28. The molecule has 0 fully saturated rings. The molecule has 264 valence electrons. The average molecular weight is 715 g/mol. The van der Waals surface area contributed by atoms with Crippen LogP contribution in [0.15, 0.2) is 194 Å². The molecule has 0 unspecified atom stereocenters. The van der Waals surface area contributed by atoms with Crippen LogP contribution in [-0.2, 0) is 0 Å². The Hall–Kier alpha value is -7.16. The number of aromatic nitrogens is 2. The van der Waals surface area contributed by atoms with E-state index in [0.29, 0.717) is 0 Å². The Kier molecular flexibility index (Phi) is 7.33. The third-order valence-corrected chi connectivity index (χ3v) is 11.8. The number of para-hydroxylation sites is 1. The molecular formula is C54H38N2. The fourth-order valence-corrected chi connectivity index (χ4v) is 9.16. The van der Waals surface area contributed by atoms with Crippen molar-refractivity contribution in [3.63, 3.8) is 0 Å². The molecule has 0 aliphatic heterocycles. The lowest BCUT2D eigenvalue weighted by Crippen LogP contribution is -1.96. The molecule has 2 heterocycles. The van der Waals surface area contributed by atoms with Crippen LogP contribution >= 0.6 is 0 Å². The Balaban J connectivity index is 1.30. The van der Waals surface area contributed by atoms with Crippen molar-refractivity contribution in [2.45, 2.75) is 13.8 Å². The first kappa shape index (κ1) is 32.3. The van der Waals surface area contributed by atoms with E-state index in [4.69, 9.17) is 0 Å². The van der Waals surface area contributed by atoms with Gasteiger partial charge in [0.25, 0.3) is 0 Å². The molecule has 0 spiro atoms. The van der Waals surface area contributed by atoms with Crippen molar-refractivity contribution < 1.29 is 0 Å². The lowest BCUT2D eigenvalue weighted by molar-refractivity contribution is 1.17. The van der Waals surface area contributed by atoms with Gasteiger partial charge in [0.05, 0.1) is 22.1 Å². The molecule has 2 nitrogen and oxygen atoms in total. The van der Waals surface area contributed by atoms with Gasteiger partial charge < -0.3 is 9.13 Å². The third kappa shape index (κ3) is 4.96. The van der Waals surface area contributed by atoms with Gasteiger partial charge in [0.1, 0.15) is 0 Å². The summed E-state index contributed by atoms with van der Waals surface area (Å²) in [4.78, 5) is 0. The summed E-state index contributed by atoms with van der Waals surface area (Å²) in [6, 6.07) is 71.3. The number of rotatable bonds is 5. The summed E-state index contributed by atoms with van der Waals surface area (Å²) in [5.74, 6) is 0. The summed E-state index contributed by atoms with van der Waals surface area (Å²) >= 11 is 0. The van der Waals surface area contributed by atoms with E-state index in [1.807, 2.05) is 0 Å². The zero-order valence-electron chi connectivity index (χ0n) is 31.4. The van der Waals surface area contributed by atoms with E-state index in [1.54, 1.807) is 0 Å². The highest BCUT2D eigenvalue weighted by Gasteiger charge is 2.22. The van der Waals surface area contributed by atoms with Gasteiger partial charge in [-0.3, -0.25) is 0 Å². The van der Waals surface area contributed by atoms with Gasteiger partial charge in [-0.05, 0) is 118 Å². The summed E-state index contributed by atoms with van der Waals surface area (Å²) in [5, 5.41) is 7.59. The maximum atomic E-state index is 2.50. The lowest BCUT2D eigenvalue weighted by atomic mass is 9.89. The number of nitrogens with zero attached hydrogens (tertiary/aromatic N) is 2. The van der Waals surface area contributed by atoms with Crippen LogP contribution in [0.2, 0.25) is 0 Å². The largest absolute Gasteiger partial charge is 0.309 e. The fraction of sp³-hybridized carbons (Fsp3) is 0.0370. The predicted molar refractivity (Wildman–Crippen MR) is 238 cm³/mol. The standard InChI is InChI=1S/C54H38N2/c1-35-15-9-10-24-44(35)52-36(2)27-28-39-29-30-49-54(53(39)52)47-33-46-45-25-11-12-26-48(45)55(42-22-13-20-40(31-42)37-16-5-3-6-17-37)50(46)34-51(47)56(49)43-23-14-21-41(32-43)38-18-7-4-8-19-38/h3-34H,1-2H3. The van der Waals surface area contributed by atoms with Crippen LogP contribution in [0.5, 0.6) is 0 Å². The molecule has 0 amide bonds. The molecule has 0 atom stereocenters. The summed E-state index contributed by atoms with van der Waals surface area (Å²) in [7, 11) is 0. The highest BCUT2D eigenvalue weighted by Crippen LogP contribution is 2.46. The maximum Gasteiger partial charge on any atom is 0.0562 e. The smallest absolute Gasteiger partial charge is 0.0562 e. The number of hydrogen-bond donors (Lipinski definition) is 0. The van der Waals surface area contributed by atoms with Gasteiger partial charge in [-0.1, -0.05) is 146 Å². The quantitative estimate of drug-likeness (QED) is 0.168. The number of fused-ring (bicyclic) bond motifs is 8. The summed E-state index contributed by atoms with van der Waals surface area (Å²) in [5.41, 5.74) is 17.0. The number of aryl methyl sites for hydroxylation is 2. The van der Waals surface area contributed by atoms with Gasteiger partial charge in [-0.15, -0.1) is 0 Å². The Bertz CT molecular complexity index is 3310. The minimum atomic E-state index is 1.14. The molecule has 0 aliphatic rings. The molecular weight excluding hydrogens is 677 g/mol. The summed E-state index contributed by atoms with van der Waals surface area (Å²) in [6.45, 7) is 4.50. The van der Waals surface area contributed by atoms with Crippen LogP contribution in [0, 0.1) is 13.8 Å². The topological polar surface area (TPSA) is 9.86 Å². The molecule has 0 aliphatic carbocycles. The van der Waals surface area contributed by atoms with E-state index >= 15 is 0 Å². The van der Waals surface area contributed by atoms with E-state index in [-0.39, 0.29) is 0 Å². The SMILES string of the molecule is Cc1ccccc1-c1c(C)ccc2ccc3c(c4cc5c6ccccc6n(-c6cccc(-c7ccccc7)c6)c5cc4n3-c3cccc(-c4ccccc4)c3)c12. The normalized spacial score (nSPS) is 11.8. The molecule has 9 aromatic carbocycles. The van der Waals surface area contributed by atoms with Gasteiger partial charge in [-0.25, -0.2) is 0 Å². The fourth-order valence-electron chi connectivity index (χ4n) is 9.16. The zero-order valence-corrected chi connectivity index (χ0v) is 31.4. The van der Waals surface area contributed by atoms with E-state index in [9.17, 15) is 0 Å². The van der Waals surface area contributed by atoms with E-state index < -0.39 is 0 Å². The Labute approximate surface area is 326 Å². The first-order valence-electron chi connectivity index (χ1n) is 19.4. The van der Waals surface area contributed by atoms with Crippen LogP contribution in [0.3, 0.4) is 0 Å². The van der Waals surface area contributed by atoms with Crippen molar-refractivity contribution in [2.24, 2.45) is 0 Å². The van der Waals surface area contributed by atoms with Crippen molar-refractivity contribution >= 4 is 54.4 Å². The predicted octanol–water partition coefficient (Wildman–Crippen LogP) is 14.7. The van der Waals surface area contributed by atoms with Gasteiger partial charge >= 0.3 is 0 Å². The molecule has 0 saturated heterocycles. The highest BCUT2D eigenvalue weighted by atomic mass is 15.0. The van der Waals surface area contributed by atoms with Crippen molar-refractivity contribution in [2.75, 3.05) is 0 Å². The molecule has 2 heteroatoms.